The average Bonchev–Trinajstić information content (AvgIpc) is 2.87. The van der Waals surface area contributed by atoms with Crippen molar-refractivity contribution >= 4 is 46.7 Å². The molecule has 0 aromatic heterocycles. The molecule has 0 spiro atoms. The third-order valence-corrected chi connectivity index (χ3v) is 5.77. The zero-order valence-electron chi connectivity index (χ0n) is 19.9. The van der Waals surface area contributed by atoms with E-state index in [-0.39, 0.29) is 11.6 Å². The molecule has 5 rings (SSSR count). The van der Waals surface area contributed by atoms with E-state index in [2.05, 4.69) is 20.6 Å². The fraction of sp³-hybridized carbons (Fsp3) is 0.0667. The minimum Gasteiger partial charge on any atom is -0.361 e. The fourth-order valence-electron chi connectivity index (χ4n) is 4.03. The summed E-state index contributed by atoms with van der Waals surface area (Å²) in [6.07, 6.45) is 13.9. The molecular weight excluding hydrogens is 448 g/mol. The Labute approximate surface area is 209 Å². The van der Waals surface area contributed by atoms with E-state index < -0.39 is 0 Å². The van der Waals surface area contributed by atoms with Gasteiger partial charge >= 0.3 is 0 Å². The van der Waals surface area contributed by atoms with E-state index in [0.717, 1.165) is 22.5 Å². The second-order valence-corrected chi connectivity index (χ2v) is 8.74. The molecule has 1 heterocycles. The van der Waals surface area contributed by atoms with Crippen molar-refractivity contribution < 1.29 is 9.59 Å². The number of hydrogen-bond acceptors (Lipinski definition) is 6. The van der Waals surface area contributed by atoms with Crippen LogP contribution in [0.5, 0.6) is 0 Å². The summed E-state index contributed by atoms with van der Waals surface area (Å²) in [5.74, 6) is -0.222. The van der Waals surface area contributed by atoms with Crippen LogP contribution in [0.15, 0.2) is 129 Å². The van der Waals surface area contributed by atoms with Crippen LogP contribution in [0.1, 0.15) is 13.8 Å². The van der Waals surface area contributed by atoms with Crippen LogP contribution in [0.2, 0.25) is 0 Å². The van der Waals surface area contributed by atoms with E-state index in [0.29, 0.717) is 33.7 Å². The first-order valence-electron chi connectivity index (χ1n) is 11.6. The standard InChI is InChI=1S/C30H24N4O2/c1-19-9-21-15-31-25-5-3-7-27(13-25)33-17-23-11-20(2)12-24(30(23)36)18-34-28-8-4-6-26(14-28)32-16-22(10-19)29(21)35/h3-18,31,33H,1-2H3. The molecule has 6 heteroatoms. The van der Waals surface area contributed by atoms with Crippen LogP contribution in [-0.4, -0.2) is 24.0 Å². The van der Waals surface area contributed by atoms with Gasteiger partial charge in [-0.3, -0.25) is 19.6 Å². The Kier molecular flexibility index (Phi) is 6.24. The fourth-order valence-corrected chi connectivity index (χ4v) is 4.03. The molecule has 0 saturated carbocycles. The summed E-state index contributed by atoms with van der Waals surface area (Å²) >= 11 is 0. The maximum Gasteiger partial charge on any atom is 0.196 e. The second-order valence-electron chi connectivity index (χ2n) is 8.74. The monoisotopic (exact) mass is 472 g/mol. The van der Waals surface area contributed by atoms with Crippen molar-refractivity contribution in [1.29, 1.82) is 0 Å². The van der Waals surface area contributed by atoms with Gasteiger partial charge in [-0.2, -0.15) is 0 Å². The van der Waals surface area contributed by atoms with Gasteiger partial charge in [-0.1, -0.05) is 12.1 Å². The number of carbonyl (C=O) groups is 2. The molecule has 0 fully saturated rings. The quantitative estimate of drug-likeness (QED) is 0.471. The number of rotatable bonds is 0. The molecule has 0 unspecified atom stereocenters. The van der Waals surface area contributed by atoms with Crippen molar-refractivity contribution in [1.82, 2.24) is 0 Å². The van der Waals surface area contributed by atoms with E-state index in [1.165, 1.54) is 0 Å². The molecule has 176 valence electrons. The zero-order valence-corrected chi connectivity index (χ0v) is 19.9. The normalized spacial score (nSPS) is 17.4. The predicted octanol–water partition coefficient (Wildman–Crippen LogP) is 6.31. The summed E-state index contributed by atoms with van der Waals surface area (Å²) in [4.78, 5) is 35.2. The summed E-state index contributed by atoms with van der Waals surface area (Å²) in [6, 6.07) is 14.9. The highest BCUT2D eigenvalue weighted by Crippen LogP contribution is 2.25. The van der Waals surface area contributed by atoms with Gasteiger partial charge in [0, 0.05) is 58.5 Å². The maximum absolute atomic E-state index is 13.1. The number of anilines is 2. The number of nitrogens with zero attached hydrogens (tertiary/aromatic N) is 2. The van der Waals surface area contributed by atoms with E-state index in [1.807, 2.05) is 86.7 Å². The third-order valence-electron chi connectivity index (χ3n) is 5.77. The highest BCUT2D eigenvalue weighted by molar-refractivity contribution is 6.24. The highest BCUT2D eigenvalue weighted by atomic mass is 16.1. The first kappa shape index (κ1) is 22.9. The second kappa shape index (κ2) is 9.80. The number of benzene rings is 2. The first-order valence-corrected chi connectivity index (χ1v) is 11.6. The van der Waals surface area contributed by atoms with Crippen LogP contribution in [0.3, 0.4) is 0 Å². The Morgan fingerprint density at radius 3 is 1.56 bits per heavy atom. The largest absolute Gasteiger partial charge is 0.361 e. The minimum absolute atomic E-state index is 0.111. The Hall–Kier alpha value is -4.84. The van der Waals surface area contributed by atoms with Crippen LogP contribution >= 0.6 is 0 Å². The molecule has 0 saturated heterocycles. The smallest absolute Gasteiger partial charge is 0.196 e. The number of nitrogens with one attached hydrogen (secondary N) is 2. The lowest BCUT2D eigenvalue weighted by molar-refractivity contribution is -0.112. The van der Waals surface area contributed by atoms with E-state index in [4.69, 9.17) is 0 Å². The topological polar surface area (TPSA) is 82.9 Å². The maximum atomic E-state index is 13.1. The number of ketones is 2. The Balaban J connectivity index is 1.58. The van der Waals surface area contributed by atoms with Gasteiger partial charge in [-0.15, -0.1) is 0 Å². The van der Waals surface area contributed by atoms with Crippen LogP contribution in [0.4, 0.5) is 22.7 Å². The van der Waals surface area contributed by atoms with Gasteiger partial charge < -0.3 is 10.6 Å². The van der Waals surface area contributed by atoms with Crippen molar-refractivity contribution in [2.45, 2.75) is 13.8 Å². The van der Waals surface area contributed by atoms with Crippen molar-refractivity contribution in [3.8, 4) is 0 Å². The van der Waals surface area contributed by atoms with E-state index >= 15 is 0 Å². The van der Waals surface area contributed by atoms with Crippen molar-refractivity contribution in [3.05, 3.63) is 119 Å². The van der Waals surface area contributed by atoms with Gasteiger partial charge in [-0.05, 0) is 85.7 Å². The van der Waals surface area contributed by atoms with Crippen LogP contribution in [0, 0.1) is 0 Å². The van der Waals surface area contributed by atoms with E-state index in [9.17, 15) is 9.59 Å². The first-order chi connectivity index (χ1) is 17.4. The van der Waals surface area contributed by atoms with Gasteiger partial charge in [0.25, 0.3) is 0 Å². The summed E-state index contributed by atoms with van der Waals surface area (Å²) in [6.45, 7) is 3.89. The highest BCUT2D eigenvalue weighted by Gasteiger charge is 2.18. The Bertz CT molecular complexity index is 1420. The average molecular weight is 473 g/mol. The number of aliphatic imine (C=N–C) groups is 2. The molecule has 0 amide bonds. The van der Waals surface area contributed by atoms with Crippen molar-refractivity contribution in [3.63, 3.8) is 0 Å². The van der Waals surface area contributed by atoms with Crippen LogP contribution in [0.25, 0.3) is 0 Å². The number of Topliss-reactive ketones (excluding diaryl/α,β-unsaturated/α-hetero) is 2. The molecule has 0 radical (unpaired) electrons. The molecule has 2 aliphatic carbocycles. The lowest BCUT2D eigenvalue weighted by Crippen LogP contribution is -2.12. The molecule has 36 heavy (non-hydrogen) atoms. The van der Waals surface area contributed by atoms with Gasteiger partial charge in [0.2, 0.25) is 0 Å². The molecule has 1 aliphatic heterocycles. The van der Waals surface area contributed by atoms with Crippen molar-refractivity contribution in [2.75, 3.05) is 10.6 Å². The molecule has 8 bridgehead atoms. The SMILES string of the molecule is CC1=CC2=CNc3cccc(c3)NC=C3C=C(C)C=C(C=Nc4cccc(c4)N=CC(=C1)C2=O)C3=O. The Morgan fingerprint density at radius 2 is 1.06 bits per heavy atom. The third kappa shape index (κ3) is 5.13. The Morgan fingerprint density at radius 1 is 0.583 bits per heavy atom. The molecular formula is C30H24N4O2. The lowest BCUT2D eigenvalue weighted by Gasteiger charge is -2.13. The molecule has 2 aromatic carbocycles. The number of fused-ring (bicyclic) bond motifs is 8. The van der Waals surface area contributed by atoms with Gasteiger partial charge in [0.05, 0.1) is 11.4 Å². The van der Waals surface area contributed by atoms with Gasteiger partial charge in [-0.25, -0.2) is 0 Å². The summed E-state index contributed by atoms with van der Waals surface area (Å²) in [5.41, 5.74) is 6.91. The number of carbonyl (C=O) groups excluding carboxylic acids is 2. The zero-order chi connectivity index (χ0) is 25.1. The number of allylic oxidation sites excluding steroid dienone is 10. The molecule has 3 aliphatic rings. The van der Waals surface area contributed by atoms with E-state index in [1.54, 1.807) is 24.8 Å². The molecule has 6 nitrogen and oxygen atoms in total. The molecule has 2 N–H and O–H groups in total. The number of hydrogen-bond donors (Lipinski definition) is 2. The minimum atomic E-state index is -0.111. The van der Waals surface area contributed by atoms with Crippen LogP contribution in [-0.2, 0) is 9.59 Å². The van der Waals surface area contributed by atoms with Crippen molar-refractivity contribution in [2.24, 2.45) is 9.98 Å². The summed E-state index contributed by atoms with van der Waals surface area (Å²) in [7, 11) is 0. The van der Waals surface area contributed by atoms with Gasteiger partial charge in [0.1, 0.15) is 0 Å². The predicted molar refractivity (Wildman–Crippen MR) is 146 cm³/mol. The lowest BCUT2D eigenvalue weighted by atomic mass is 9.95. The molecule has 2 aromatic rings. The molecule has 0 atom stereocenters. The van der Waals surface area contributed by atoms with Gasteiger partial charge in [0.15, 0.2) is 11.6 Å². The summed E-state index contributed by atoms with van der Waals surface area (Å²) < 4.78 is 0. The van der Waals surface area contributed by atoms with Crippen LogP contribution < -0.4 is 10.6 Å². The summed E-state index contributed by atoms with van der Waals surface area (Å²) in [5, 5.41) is 6.42.